The van der Waals surface area contributed by atoms with E-state index in [0.29, 0.717) is 10.9 Å². The smallest absolute Gasteiger partial charge is 0.350 e. The van der Waals surface area contributed by atoms with Gasteiger partial charge in [0.25, 0.3) is 5.56 Å². The average Bonchev–Trinajstić information content (AvgIpc) is 3.02. The lowest BCUT2D eigenvalue weighted by atomic mass is 10.1. The first-order valence-electron chi connectivity index (χ1n) is 9.74. The molecule has 30 heavy (non-hydrogen) atoms. The van der Waals surface area contributed by atoms with Gasteiger partial charge in [-0.2, -0.15) is 9.94 Å². The van der Waals surface area contributed by atoms with E-state index in [2.05, 4.69) is 21.8 Å². The number of nitriles is 1. The lowest BCUT2D eigenvalue weighted by Crippen LogP contribution is -2.26. The number of hydrogen-bond acceptors (Lipinski definition) is 6. The highest BCUT2D eigenvalue weighted by molar-refractivity contribution is 5.98. The first kappa shape index (κ1) is 21.0. The fourth-order valence-electron chi connectivity index (χ4n) is 3.23. The third-order valence-electron chi connectivity index (χ3n) is 4.94. The molecule has 0 saturated heterocycles. The van der Waals surface area contributed by atoms with Crippen molar-refractivity contribution in [3.8, 4) is 6.07 Å². The number of rotatable bonds is 7. The van der Waals surface area contributed by atoms with Crippen LogP contribution in [-0.4, -0.2) is 25.5 Å². The van der Waals surface area contributed by atoms with Gasteiger partial charge in [0.05, 0.1) is 5.39 Å². The first-order chi connectivity index (χ1) is 14.5. The second kappa shape index (κ2) is 9.18. The van der Waals surface area contributed by atoms with Crippen molar-refractivity contribution < 1.29 is 9.53 Å². The molecule has 0 unspecified atom stereocenters. The Balaban J connectivity index is 1.78. The minimum absolute atomic E-state index is 0.146. The first-order valence-corrected chi connectivity index (χ1v) is 9.74. The van der Waals surface area contributed by atoms with E-state index in [9.17, 15) is 14.9 Å². The molecule has 0 aliphatic heterocycles. The summed E-state index contributed by atoms with van der Waals surface area (Å²) in [4.78, 5) is 24.8. The standard InChI is InChI=1S/C22H23N5O3/c1-4-5-10-26-15(2)11-17(16(26)3)12-18(13-23)22(29)30-14-27-21(28)19-8-6-7-9-20(19)24-25-27/h6-9,11-12H,4-5,10,14H2,1-3H3/b18-12+. The lowest BCUT2D eigenvalue weighted by Gasteiger charge is -2.08. The summed E-state index contributed by atoms with van der Waals surface area (Å²) >= 11 is 0. The maximum Gasteiger partial charge on any atom is 0.350 e. The molecule has 0 N–H and O–H groups in total. The second-order valence-corrected chi connectivity index (χ2v) is 6.97. The van der Waals surface area contributed by atoms with E-state index in [1.165, 1.54) is 6.08 Å². The normalized spacial score (nSPS) is 11.5. The summed E-state index contributed by atoms with van der Waals surface area (Å²) in [6.45, 7) is 6.54. The highest BCUT2D eigenvalue weighted by Gasteiger charge is 2.15. The van der Waals surface area contributed by atoms with E-state index in [1.54, 1.807) is 24.3 Å². The van der Waals surface area contributed by atoms with Crippen molar-refractivity contribution in [2.45, 2.75) is 46.9 Å². The molecule has 2 heterocycles. The molecular formula is C22H23N5O3. The van der Waals surface area contributed by atoms with Gasteiger partial charge in [-0.15, -0.1) is 5.10 Å². The minimum atomic E-state index is -0.822. The molecule has 0 fully saturated rings. The van der Waals surface area contributed by atoms with E-state index in [0.717, 1.165) is 41.0 Å². The van der Waals surface area contributed by atoms with E-state index in [-0.39, 0.29) is 5.57 Å². The molecule has 0 atom stereocenters. The summed E-state index contributed by atoms with van der Waals surface area (Å²) in [7, 11) is 0. The Morgan fingerprint density at radius 3 is 2.80 bits per heavy atom. The van der Waals surface area contributed by atoms with Crippen molar-refractivity contribution in [2.24, 2.45) is 0 Å². The summed E-state index contributed by atoms with van der Waals surface area (Å²) in [5.74, 6) is -0.822. The molecule has 0 bridgehead atoms. The van der Waals surface area contributed by atoms with Gasteiger partial charge in [0, 0.05) is 17.9 Å². The van der Waals surface area contributed by atoms with Crippen LogP contribution in [0.25, 0.3) is 17.0 Å². The quantitative estimate of drug-likeness (QED) is 0.340. The Kier molecular flexibility index (Phi) is 6.42. The third-order valence-corrected chi connectivity index (χ3v) is 4.94. The summed E-state index contributed by atoms with van der Waals surface area (Å²) < 4.78 is 8.27. The Morgan fingerprint density at radius 2 is 2.07 bits per heavy atom. The largest absolute Gasteiger partial charge is 0.438 e. The predicted molar refractivity (Wildman–Crippen MR) is 112 cm³/mol. The fraction of sp³-hybridized carbons (Fsp3) is 0.318. The molecule has 8 nitrogen and oxygen atoms in total. The predicted octanol–water partition coefficient (Wildman–Crippen LogP) is 3.12. The monoisotopic (exact) mass is 405 g/mol. The minimum Gasteiger partial charge on any atom is -0.438 e. The average molecular weight is 405 g/mol. The molecule has 0 aliphatic rings. The van der Waals surface area contributed by atoms with E-state index < -0.39 is 18.3 Å². The van der Waals surface area contributed by atoms with E-state index in [1.807, 2.05) is 26.0 Å². The molecule has 0 amide bonds. The number of ether oxygens (including phenoxy) is 1. The van der Waals surface area contributed by atoms with Crippen molar-refractivity contribution in [3.63, 3.8) is 0 Å². The Hall–Kier alpha value is -3.73. The van der Waals surface area contributed by atoms with Gasteiger partial charge in [0.2, 0.25) is 0 Å². The van der Waals surface area contributed by atoms with Crippen molar-refractivity contribution >= 4 is 22.9 Å². The fourth-order valence-corrected chi connectivity index (χ4v) is 3.23. The maximum atomic E-state index is 12.4. The molecule has 0 radical (unpaired) electrons. The van der Waals surface area contributed by atoms with Crippen molar-refractivity contribution in [2.75, 3.05) is 0 Å². The second-order valence-electron chi connectivity index (χ2n) is 6.97. The Labute approximate surface area is 174 Å². The summed E-state index contributed by atoms with van der Waals surface area (Å²) in [6.07, 6.45) is 3.64. The molecule has 0 aliphatic carbocycles. The molecule has 3 rings (SSSR count). The number of hydrogen-bond donors (Lipinski definition) is 0. The van der Waals surface area contributed by atoms with Gasteiger partial charge in [0.1, 0.15) is 17.2 Å². The number of benzene rings is 1. The number of fused-ring (bicyclic) bond motifs is 1. The molecule has 0 saturated carbocycles. The van der Waals surface area contributed by atoms with Crippen LogP contribution in [0.5, 0.6) is 0 Å². The number of aryl methyl sites for hydroxylation is 1. The van der Waals surface area contributed by atoms with Crippen LogP contribution in [0.2, 0.25) is 0 Å². The zero-order valence-electron chi connectivity index (χ0n) is 17.3. The van der Waals surface area contributed by atoms with E-state index in [4.69, 9.17) is 4.74 Å². The molecule has 1 aromatic carbocycles. The summed E-state index contributed by atoms with van der Waals surface area (Å²) in [5, 5.41) is 17.5. The van der Waals surface area contributed by atoms with E-state index >= 15 is 0 Å². The Morgan fingerprint density at radius 1 is 1.30 bits per heavy atom. The van der Waals surface area contributed by atoms with Crippen LogP contribution in [0.4, 0.5) is 0 Å². The van der Waals surface area contributed by atoms with Crippen LogP contribution < -0.4 is 5.56 Å². The zero-order chi connectivity index (χ0) is 21.7. The highest BCUT2D eigenvalue weighted by Crippen LogP contribution is 2.19. The molecule has 2 aromatic heterocycles. The highest BCUT2D eigenvalue weighted by atomic mass is 16.5. The molecule has 154 valence electrons. The van der Waals surface area contributed by atoms with Gasteiger partial charge in [-0.1, -0.05) is 30.7 Å². The lowest BCUT2D eigenvalue weighted by molar-refractivity contribution is -0.142. The summed E-state index contributed by atoms with van der Waals surface area (Å²) in [5.41, 5.74) is 2.73. The van der Waals surface area contributed by atoms with Gasteiger partial charge in [-0.3, -0.25) is 4.79 Å². The zero-order valence-corrected chi connectivity index (χ0v) is 17.3. The SMILES string of the molecule is CCCCn1c(C)cc(/C=C(\C#N)C(=O)OCn2nnc3ccccc3c2=O)c1C. The number of aromatic nitrogens is 4. The topological polar surface area (TPSA) is 103 Å². The van der Waals surface area contributed by atoms with Crippen LogP contribution in [0, 0.1) is 25.2 Å². The van der Waals surface area contributed by atoms with Gasteiger partial charge in [-0.25, -0.2) is 4.79 Å². The Bertz CT molecular complexity index is 1210. The van der Waals surface area contributed by atoms with Gasteiger partial charge in [-0.05, 0) is 50.1 Å². The number of unbranched alkanes of at least 4 members (excludes halogenated alkanes) is 1. The molecule has 3 aromatic rings. The van der Waals surface area contributed by atoms with Crippen LogP contribution in [-0.2, 0) is 22.8 Å². The van der Waals surface area contributed by atoms with Gasteiger partial charge >= 0.3 is 5.97 Å². The number of carbonyl (C=O) groups excluding carboxylic acids is 1. The maximum absolute atomic E-state index is 12.4. The van der Waals surface area contributed by atoms with Gasteiger partial charge < -0.3 is 9.30 Å². The van der Waals surface area contributed by atoms with Crippen LogP contribution in [0.15, 0.2) is 40.7 Å². The molecule has 0 spiro atoms. The number of nitrogens with zero attached hydrogens (tertiary/aromatic N) is 5. The van der Waals surface area contributed by atoms with Crippen LogP contribution >= 0.6 is 0 Å². The van der Waals surface area contributed by atoms with Crippen molar-refractivity contribution in [3.05, 3.63) is 63.2 Å². The number of esters is 1. The van der Waals surface area contributed by atoms with Crippen molar-refractivity contribution in [1.29, 1.82) is 5.26 Å². The third kappa shape index (κ3) is 4.30. The summed E-state index contributed by atoms with van der Waals surface area (Å²) in [6, 6.07) is 10.6. The molecule has 8 heteroatoms. The molecular weight excluding hydrogens is 382 g/mol. The number of carbonyl (C=O) groups is 1. The van der Waals surface area contributed by atoms with Crippen molar-refractivity contribution in [1.82, 2.24) is 19.6 Å². The van der Waals surface area contributed by atoms with Gasteiger partial charge in [0.15, 0.2) is 6.73 Å². The van der Waals surface area contributed by atoms with Crippen LogP contribution in [0.3, 0.4) is 0 Å². The van der Waals surface area contributed by atoms with Crippen LogP contribution in [0.1, 0.15) is 36.7 Å².